The van der Waals surface area contributed by atoms with Crippen LogP contribution < -0.4 is 5.48 Å². The summed E-state index contributed by atoms with van der Waals surface area (Å²) in [4.78, 5) is 37.2. The lowest BCUT2D eigenvalue weighted by molar-refractivity contribution is -0.158. The van der Waals surface area contributed by atoms with E-state index in [1.54, 1.807) is 6.92 Å². The van der Waals surface area contributed by atoms with Gasteiger partial charge in [-0.3, -0.25) is 4.79 Å². The molecule has 5 nitrogen and oxygen atoms in total. The van der Waals surface area contributed by atoms with Gasteiger partial charge in [-0.1, -0.05) is 33.1 Å². The second-order valence-corrected chi connectivity index (χ2v) is 4.13. The van der Waals surface area contributed by atoms with Crippen molar-refractivity contribution in [1.82, 2.24) is 5.48 Å². The Hall–Kier alpha value is -1.39. The minimum atomic E-state index is -0.452. The average molecular weight is 243 g/mol. The van der Waals surface area contributed by atoms with Crippen molar-refractivity contribution >= 4 is 18.2 Å². The third-order valence-corrected chi connectivity index (χ3v) is 2.25. The predicted octanol–water partition coefficient (Wildman–Crippen LogP) is 1.76. The molecule has 0 aliphatic heterocycles. The van der Waals surface area contributed by atoms with E-state index in [0.29, 0.717) is 12.7 Å². The molecule has 0 bridgehead atoms. The van der Waals surface area contributed by atoms with Gasteiger partial charge >= 0.3 is 5.97 Å². The highest BCUT2D eigenvalue weighted by molar-refractivity contribution is 5.80. The fourth-order valence-corrected chi connectivity index (χ4v) is 1.24. The number of carbonyl (C=O) groups is 3. The first-order valence-electron chi connectivity index (χ1n) is 6.04. The molecule has 5 heteroatoms. The molecule has 0 saturated carbocycles. The summed E-state index contributed by atoms with van der Waals surface area (Å²) in [6.45, 7) is 3.71. The number of unbranched alkanes of at least 4 members (excludes halogenated alkanes) is 3. The summed E-state index contributed by atoms with van der Waals surface area (Å²) in [5.41, 5.74) is 2.04. The summed E-state index contributed by atoms with van der Waals surface area (Å²) in [7, 11) is 0. The summed E-state index contributed by atoms with van der Waals surface area (Å²) in [5, 5.41) is 0. The standard InChI is InChI=1S/C12H21NO4/c1-3-4-5-6-7-12(16)17-13-11(15)8-10(2)9-14/h9-10H,3-8H2,1-2H3,(H,13,15). The van der Waals surface area contributed by atoms with Crippen molar-refractivity contribution in [1.29, 1.82) is 0 Å². The van der Waals surface area contributed by atoms with Crippen LogP contribution in [0, 0.1) is 5.92 Å². The van der Waals surface area contributed by atoms with Gasteiger partial charge in [0.15, 0.2) is 0 Å². The lowest BCUT2D eigenvalue weighted by Gasteiger charge is -2.06. The zero-order valence-electron chi connectivity index (χ0n) is 10.5. The number of hydrogen-bond donors (Lipinski definition) is 1. The van der Waals surface area contributed by atoms with Crippen molar-refractivity contribution in [3.8, 4) is 0 Å². The van der Waals surface area contributed by atoms with Gasteiger partial charge in [0.05, 0.1) is 0 Å². The Balaban J connectivity index is 3.55. The highest BCUT2D eigenvalue weighted by Crippen LogP contribution is 2.03. The number of aldehydes is 1. The van der Waals surface area contributed by atoms with Crippen LogP contribution in [-0.4, -0.2) is 18.2 Å². The van der Waals surface area contributed by atoms with Crippen LogP contribution in [0.5, 0.6) is 0 Å². The van der Waals surface area contributed by atoms with Crippen LogP contribution in [0.3, 0.4) is 0 Å². The Morgan fingerprint density at radius 2 is 2.00 bits per heavy atom. The number of rotatable bonds is 8. The van der Waals surface area contributed by atoms with E-state index in [0.717, 1.165) is 25.7 Å². The molecule has 1 atom stereocenters. The molecule has 0 fully saturated rings. The zero-order chi connectivity index (χ0) is 13.1. The second kappa shape index (κ2) is 9.81. The van der Waals surface area contributed by atoms with Crippen molar-refractivity contribution in [3.63, 3.8) is 0 Å². The number of carbonyl (C=O) groups excluding carboxylic acids is 3. The molecule has 1 unspecified atom stereocenters. The zero-order valence-corrected chi connectivity index (χ0v) is 10.5. The van der Waals surface area contributed by atoms with Gasteiger partial charge in [0, 0.05) is 18.8 Å². The molecule has 1 amide bonds. The quantitative estimate of drug-likeness (QED) is 0.400. The van der Waals surface area contributed by atoms with E-state index in [2.05, 4.69) is 11.8 Å². The van der Waals surface area contributed by atoms with E-state index in [-0.39, 0.29) is 12.3 Å². The van der Waals surface area contributed by atoms with Crippen molar-refractivity contribution in [2.45, 2.75) is 52.4 Å². The van der Waals surface area contributed by atoms with Gasteiger partial charge in [0.2, 0.25) is 0 Å². The average Bonchev–Trinajstić information content (AvgIpc) is 2.32. The van der Waals surface area contributed by atoms with E-state index < -0.39 is 11.9 Å². The second-order valence-electron chi connectivity index (χ2n) is 4.13. The molecule has 0 aromatic carbocycles. The molecule has 17 heavy (non-hydrogen) atoms. The molecule has 0 aromatic rings. The van der Waals surface area contributed by atoms with Crippen LogP contribution in [0.15, 0.2) is 0 Å². The highest BCUT2D eigenvalue weighted by Gasteiger charge is 2.10. The smallest absolute Gasteiger partial charge is 0.332 e. The molecule has 0 aliphatic rings. The van der Waals surface area contributed by atoms with Gasteiger partial charge < -0.3 is 9.63 Å². The van der Waals surface area contributed by atoms with Crippen LogP contribution >= 0.6 is 0 Å². The fraction of sp³-hybridized carbons (Fsp3) is 0.750. The van der Waals surface area contributed by atoms with Crippen molar-refractivity contribution in [3.05, 3.63) is 0 Å². The van der Waals surface area contributed by atoms with E-state index >= 15 is 0 Å². The summed E-state index contributed by atoms with van der Waals surface area (Å²) in [5.74, 6) is -1.25. The Morgan fingerprint density at radius 1 is 1.29 bits per heavy atom. The van der Waals surface area contributed by atoms with Gasteiger partial charge in [-0.25, -0.2) is 4.79 Å². The molecule has 98 valence electrons. The Morgan fingerprint density at radius 3 is 2.59 bits per heavy atom. The fourth-order valence-electron chi connectivity index (χ4n) is 1.24. The number of hydroxylamine groups is 1. The topological polar surface area (TPSA) is 72.5 Å². The van der Waals surface area contributed by atoms with E-state index in [1.807, 2.05) is 5.48 Å². The normalized spacial score (nSPS) is 11.6. The molecule has 1 N–H and O–H groups in total. The first-order valence-corrected chi connectivity index (χ1v) is 6.04. The minimum absolute atomic E-state index is 0.0343. The van der Waals surface area contributed by atoms with E-state index in [4.69, 9.17) is 0 Å². The maximum absolute atomic E-state index is 11.2. The van der Waals surface area contributed by atoms with Crippen LogP contribution in [0.4, 0.5) is 0 Å². The number of hydrogen-bond acceptors (Lipinski definition) is 4. The summed E-state index contributed by atoms with van der Waals surface area (Å²) < 4.78 is 0. The molecule has 0 spiro atoms. The monoisotopic (exact) mass is 243 g/mol. The molecule has 0 radical (unpaired) electrons. The number of amides is 1. The van der Waals surface area contributed by atoms with E-state index in [1.165, 1.54) is 0 Å². The Bertz CT molecular complexity index is 253. The third-order valence-electron chi connectivity index (χ3n) is 2.25. The predicted molar refractivity (Wildman–Crippen MR) is 62.8 cm³/mol. The summed E-state index contributed by atoms with van der Waals surface area (Å²) >= 11 is 0. The molecule has 0 heterocycles. The van der Waals surface area contributed by atoms with Gasteiger partial charge in [-0.05, 0) is 6.42 Å². The first kappa shape index (κ1) is 15.6. The van der Waals surface area contributed by atoms with Gasteiger partial charge in [-0.15, -0.1) is 0 Å². The molecule has 0 rings (SSSR count). The Labute approximate surface area is 102 Å². The largest absolute Gasteiger partial charge is 0.341 e. The van der Waals surface area contributed by atoms with Crippen molar-refractivity contribution < 1.29 is 19.2 Å². The summed E-state index contributed by atoms with van der Waals surface area (Å²) in [6.07, 6.45) is 4.99. The summed E-state index contributed by atoms with van der Waals surface area (Å²) in [6, 6.07) is 0. The van der Waals surface area contributed by atoms with Crippen LogP contribution in [0.1, 0.15) is 52.4 Å². The molecule has 0 aromatic heterocycles. The molecule has 0 saturated heterocycles. The van der Waals surface area contributed by atoms with Gasteiger partial charge in [0.25, 0.3) is 5.91 Å². The number of nitrogens with one attached hydrogen (secondary N) is 1. The maximum Gasteiger partial charge on any atom is 0.332 e. The van der Waals surface area contributed by atoms with Crippen molar-refractivity contribution in [2.24, 2.45) is 5.92 Å². The molecule has 0 aliphatic carbocycles. The SMILES string of the molecule is CCCCCCC(=O)ONC(=O)CC(C)C=O. The lowest BCUT2D eigenvalue weighted by Crippen LogP contribution is -2.28. The third kappa shape index (κ3) is 9.53. The van der Waals surface area contributed by atoms with Crippen LogP contribution in [-0.2, 0) is 19.2 Å². The maximum atomic E-state index is 11.2. The van der Waals surface area contributed by atoms with Crippen molar-refractivity contribution in [2.75, 3.05) is 0 Å². The first-order chi connectivity index (χ1) is 8.10. The molecular weight excluding hydrogens is 222 g/mol. The lowest BCUT2D eigenvalue weighted by atomic mass is 10.1. The van der Waals surface area contributed by atoms with Gasteiger partial charge in [-0.2, -0.15) is 5.48 Å². The highest BCUT2D eigenvalue weighted by atomic mass is 16.7. The minimum Gasteiger partial charge on any atom is -0.341 e. The van der Waals surface area contributed by atoms with Crippen LogP contribution in [0.25, 0.3) is 0 Å². The van der Waals surface area contributed by atoms with Crippen LogP contribution in [0.2, 0.25) is 0 Å². The van der Waals surface area contributed by atoms with Gasteiger partial charge in [0.1, 0.15) is 6.29 Å². The Kier molecular flexibility index (Phi) is 9.01. The molecular formula is C12H21NO4. The van der Waals surface area contributed by atoms with E-state index in [9.17, 15) is 14.4 Å².